The van der Waals surface area contributed by atoms with E-state index in [4.69, 9.17) is 14.3 Å². The summed E-state index contributed by atoms with van der Waals surface area (Å²) in [4.78, 5) is 23.6. The van der Waals surface area contributed by atoms with E-state index in [1.807, 2.05) is 0 Å². The molecule has 1 unspecified atom stereocenters. The molecule has 0 radical (unpaired) electrons. The molecule has 0 amide bonds. The minimum atomic E-state index is -1.02. The number of aliphatic carboxylic acids is 1. The first kappa shape index (κ1) is 16.4. The Morgan fingerprint density at radius 3 is 2.75 bits per heavy atom. The van der Waals surface area contributed by atoms with Crippen LogP contribution in [0.25, 0.3) is 21.1 Å². The van der Waals surface area contributed by atoms with Crippen molar-refractivity contribution in [1.29, 1.82) is 0 Å². The number of aryl methyl sites for hydroxylation is 1. The zero-order valence-corrected chi connectivity index (χ0v) is 14.1. The fourth-order valence-corrected chi connectivity index (χ4v) is 3.63. The molecule has 0 saturated heterocycles. The van der Waals surface area contributed by atoms with Gasteiger partial charge >= 0.3 is 5.97 Å². The average molecular weight is 350 g/mol. The highest BCUT2D eigenvalue weighted by molar-refractivity contribution is 7.21. The first-order valence-corrected chi connectivity index (χ1v) is 8.10. The monoisotopic (exact) mass is 350 g/mol. The van der Waals surface area contributed by atoms with Crippen molar-refractivity contribution in [2.75, 3.05) is 7.11 Å². The summed E-state index contributed by atoms with van der Waals surface area (Å²) in [5.74, 6) is -2.02. The molecular weight excluding hydrogens is 335 g/mol. The Morgan fingerprint density at radius 2 is 2.12 bits per heavy atom. The SMILES string of the molecule is COc1cc2sc(C(=O)CC(C)C(=O)O)cc2c2c(F)c(C)oc12. The van der Waals surface area contributed by atoms with E-state index in [-0.39, 0.29) is 23.4 Å². The number of carbonyl (C=O) groups excluding carboxylic acids is 1. The summed E-state index contributed by atoms with van der Waals surface area (Å²) >= 11 is 1.19. The smallest absolute Gasteiger partial charge is 0.306 e. The molecular formula is C17H15FO5S. The number of fused-ring (bicyclic) bond motifs is 3. The summed E-state index contributed by atoms with van der Waals surface area (Å²) in [7, 11) is 1.46. The predicted molar refractivity (Wildman–Crippen MR) is 88.6 cm³/mol. The van der Waals surface area contributed by atoms with Gasteiger partial charge in [0.05, 0.1) is 23.3 Å². The Balaban J connectivity index is 2.16. The molecule has 0 fully saturated rings. The van der Waals surface area contributed by atoms with Crippen LogP contribution in [0.3, 0.4) is 0 Å². The fraction of sp³-hybridized carbons (Fsp3) is 0.294. The Labute approximate surface area is 140 Å². The van der Waals surface area contributed by atoms with Crippen molar-refractivity contribution < 1.29 is 28.2 Å². The summed E-state index contributed by atoms with van der Waals surface area (Å²) in [5.41, 5.74) is 0.302. The van der Waals surface area contributed by atoms with E-state index in [9.17, 15) is 14.0 Å². The van der Waals surface area contributed by atoms with E-state index in [1.165, 1.54) is 32.3 Å². The number of halogens is 1. The van der Waals surface area contributed by atoms with Crippen LogP contribution >= 0.6 is 11.3 Å². The van der Waals surface area contributed by atoms with Gasteiger partial charge in [-0.3, -0.25) is 9.59 Å². The number of rotatable bonds is 5. The molecule has 3 rings (SSSR count). The van der Waals surface area contributed by atoms with Crippen LogP contribution in [0, 0.1) is 18.7 Å². The molecule has 3 aromatic rings. The van der Waals surface area contributed by atoms with Gasteiger partial charge in [-0.25, -0.2) is 4.39 Å². The van der Waals surface area contributed by atoms with Crippen LogP contribution in [0.15, 0.2) is 16.5 Å². The molecule has 0 spiro atoms. The number of carboxylic acid groups (broad SMARTS) is 1. The molecule has 0 aliphatic heterocycles. The van der Waals surface area contributed by atoms with Crippen LogP contribution in [-0.2, 0) is 4.79 Å². The predicted octanol–water partition coefficient (Wildman–Crippen LogP) is 4.40. The molecule has 1 atom stereocenters. The second-order valence-corrected chi connectivity index (χ2v) is 6.73. The van der Waals surface area contributed by atoms with Crippen molar-refractivity contribution in [1.82, 2.24) is 0 Å². The maximum Gasteiger partial charge on any atom is 0.306 e. The Bertz CT molecular complexity index is 969. The van der Waals surface area contributed by atoms with Crippen molar-refractivity contribution in [2.24, 2.45) is 5.92 Å². The van der Waals surface area contributed by atoms with Gasteiger partial charge in [-0.1, -0.05) is 6.92 Å². The van der Waals surface area contributed by atoms with Gasteiger partial charge in [-0.15, -0.1) is 11.3 Å². The van der Waals surface area contributed by atoms with Gasteiger partial charge in [0.1, 0.15) is 5.76 Å². The number of ether oxygens (including phenoxy) is 1. The summed E-state index contributed by atoms with van der Waals surface area (Å²) in [6, 6.07) is 3.29. The van der Waals surface area contributed by atoms with E-state index >= 15 is 0 Å². The number of Topliss-reactive ketones (excluding diaryl/α,β-unsaturated/α-hetero) is 1. The minimum Gasteiger partial charge on any atom is -0.493 e. The van der Waals surface area contributed by atoms with E-state index in [0.717, 1.165) is 0 Å². The van der Waals surface area contributed by atoms with Gasteiger partial charge < -0.3 is 14.3 Å². The van der Waals surface area contributed by atoms with Crippen LogP contribution in [0.5, 0.6) is 5.75 Å². The van der Waals surface area contributed by atoms with E-state index in [2.05, 4.69) is 0 Å². The van der Waals surface area contributed by atoms with Crippen LogP contribution in [0.1, 0.15) is 28.8 Å². The molecule has 0 bridgehead atoms. The highest BCUT2D eigenvalue weighted by Gasteiger charge is 2.23. The van der Waals surface area contributed by atoms with Crippen molar-refractivity contribution in [3.05, 3.63) is 28.6 Å². The van der Waals surface area contributed by atoms with Crippen molar-refractivity contribution >= 4 is 44.1 Å². The maximum atomic E-state index is 14.4. The third-order valence-corrected chi connectivity index (χ3v) is 5.06. The summed E-state index contributed by atoms with van der Waals surface area (Å²) in [6.45, 7) is 3.00. The average Bonchev–Trinajstić information content (AvgIpc) is 3.08. The van der Waals surface area contributed by atoms with Crippen LogP contribution in [-0.4, -0.2) is 24.0 Å². The topological polar surface area (TPSA) is 76.7 Å². The third-order valence-electron chi connectivity index (χ3n) is 3.93. The zero-order chi connectivity index (χ0) is 17.6. The zero-order valence-electron chi connectivity index (χ0n) is 13.3. The molecule has 0 saturated carbocycles. The van der Waals surface area contributed by atoms with Gasteiger partial charge in [0.25, 0.3) is 0 Å². The molecule has 7 heteroatoms. The van der Waals surface area contributed by atoms with Gasteiger partial charge in [-0.05, 0) is 13.0 Å². The molecule has 1 aromatic carbocycles. The quantitative estimate of drug-likeness (QED) is 0.690. The summed E-state index contributed by atoms with van der Waals surface area (Å²) in [6.07, 6.45) is -0.102. The van der Waals surface area contributed by atoms with Crippen LogP contribution in [0.2, 0.25) is 0 Å². The molecule has 2 aromatic heterocycles. The number of carbonyl (C=O) groups is 2. The van der Waals surface area contributed by atoms with Gasteiger partial charge in [0.15, 0.2) is 22.9 Å². The van der Waals surface area contributed by atoms with Crippen LogP contribution < -0.4 is 4.74 Å². The van der Waals surface area contributed by atoms with Crippen molar-refractivity contribution in [3.63, 3.8) is 0 Å². The fourth-order valence-electron chi connectivity index (χ4n) is 2.59. The normalized spacial score (nSPS) is 12.7. The molecule has 126 valence electrons. The standard InChI is InChI=1S/C17H15FO5S/c1-7(17(20)21)4-10(19)13-5-9-12(24-13)6-11(22-3)16-14(9)15(18)8(2)23-16/h5-7H,4H2,1-3H3,(H,20,21). The highest BCUT2D eigenvalue weighted by Crippen LogP contribution is 2.41. The Morgan fingerprint density at radius 1 is 1.42 bits per heavy atom. The summed E-state index contributed by atoms with van der Waals surface area (Å²) in [5, 5.41) is 9.79. The lowest BCUT2D eigenvalue weighted by molar-refractivity contribution is -0.141. The van der Waals surface area contributed by atoms with Gasteiger partial charge in [0, 0.05) is 22.6 Å². The molecule has 5 nitrogen and oxygen atoms in total. The van der Waals surface area contributed by atoms with Gasteiger partial charge in [-0.2, -0.15) is 0 Å². The first-order valence-electron chi connectivity index (χ1n) is 7.28. The second-order valence-electron chi connectivity index (χ2n) is 5.64. The molecule has 0 aliphatic carbocycles. The summed E-state index contributed by atoms with van der Waals surface area (Å²) < 4.78 is 25.8. The number of methoxy groups -OCH3 is 1. The number of thiophene rings is 1. The minimum absolute atomic E-state index is 0.102. The number of hydrogen-bond donors (Lipinski definition) is 1. The number of hydrogen-bond acceptors (Lipinski definition) is 5. The number of carboxylic acids is 1. The lowest BCUT2D eigenvalue weighted by Crippen LogP contribution is -2.13. The number of ketones is 1. The largest absolute Gasteiger partial charge is 0.493 e. The molecule has 2 heterocycles. The second kappa shape index (κ2) is 5.90. The van der Waals surface area contributed by atoms with Crippen LogP contribution in [0.4, 0.5) is 4.39 Å². The Kier molecular flexibility index (Phi) is 4.04. The van der Waals surface area contributed by atoms with E-state index in [1.54, 1.807) is 12.1 Å². The highest BCUT2D eigenvalue weighted by atomic mass is 32.1. The van der Waals surface area contributed by atoms with E-state index < -0.39 is 17.7 Å². The number of furan rings is 1. The first-order chi connectivity index (χ1) is 11.3. The molecule has 0 aliphatic rings. The van der Waals surface area contributed by atoms with Crippen molar-refractivity contribution in [2.45, 2.75) is 20.3 Å². The third kappa shape index (κ3) is 2.54. The lowest BCUT2D eigenvalue weighted by atomic mass is 10.0. The van der Waals surface area contributed by atoms with Gasteiger partial charge in [0.2, 0.25) is 0 Å². The van der Waals surface area contributed by atoms with Crippen molar-refractivity contribution in [3.8, 4) is 5.75 Å². The molecule has 1 N–H and O–H groups in total. The maximum absolute atomic E-state index is 14.4. The Hall–Kier alpha value is -2.41. The molecule has 24 heavy (non-hydrogen) atoms. The number of benzene rings is 1. The van der Waals surface area contributed by atoms with E-state index in [0.29, 0.717) is 26.3 Å². The lowest BCUT2D eigenvalue weighted by Gasteiger charge is -2.02.